The summed E-state index contributed by atoms with van der Waals surface area (Å²) in [5.74, 6) is -4.90. The lowest BCUT2D eigenvalue weighted by molar-refractivity contribution is -0.149. The zero-order chi connectivity index (χ0) is 17.4. The van der Waals surface area contributed by atoms with E-state index in [0.29, 0.717) is 0 Å². The summed E-state index contributed by atoms with van der Waals surface area (Å²) in [4.78, 5) is 35.2. The normalized spacial score (nSPS) is 22.2. The van der Waals surface area contributed by atoms with Crippen LogP contribution in [0.2, 0.25) is 0 Å². The van der Waals surface area contributed by atoms with Gasteiger partial charge in [-0.1, -0.05) is 30.3 Å². The third-order valence-corrected chi connectivity index (χ3v) is 4.53. The Kier molecular flexibility index (Phi) is 4.39. The minimum atomic E-state index is -4.71. The van der Waals surface area contributed by atoms with Gasteiger partial charge in [0.05, 0.1) is 6.04 Å². The molecule has 1 saturated heterocycles. The second-order valence-electron chi connectivity index (χ2n) is 5.02. The maximum absolute atomic E-state index is 12.2. The van der Waals surface area contributed by atoms with Crippen LogP contribution >= 0.6 is 0 Å². The molecule has 0 saturated carbocycles. The fourth-order valence-corrected chi connectivity index (χ4v) is 3.27. The lowest BCUT2D eigenvalue weighted by Gasteiger charge is -2.42. The summed E-state index contributed by atoms with van der Waals surface area (Å²) in [5.41, 5.74) is 0.226. The molecule has 1 aromatic carbocycles. The van der Waals surface area contributed by atoms with Gasteiger partial charge in [-0.15, -0.1) is 0 Å². The minimum Gasteiger partial charge on any atom is -0.480 e. The highest BCUT2D eigenvalue weighted by Gasteiger charge is 2.52. The zero-order valence-corrected chi connectivity index (χ0v) is 12.7. The van der Waals surface area contributed by atoms with Crippen LogP contribution in [0.3, 0.4) is 0 Å². The lowest BCUT2D eigenvalue weighted by Crippen LogP contribution is -2.71. The van der Waals surface area contributed by atoms with E-state index in [9.17, 15) is 27.9 Å². The number of carboxylic acids is 1. The van der Waals surface area contributed by atoms with Crippen molar-refractivity contribution < 1.29 is 32.5 Å². The number of hydrogen-bond donors (Lipinski definition) is 3. The van der Waals surface area contributed by atoms with Crippen LogP contribution in [-0.4, -0.2) is 52.2 Å². The third-order valence-electron chi connectivity index (χ3n) is 3.52. The van der Waals surface area contributed by atoms with Crippen molar-refractivity contribution in [1.82, 2.24) is 9.62 Å². The molecule has 1 fully saturated rings. The Hall–Kier alpha value is -2.46. The molecule has 124 valence electrons. The van der Waals surface area contributed by atoms with Crippen molar-refractivity contribution in [3.05, 3.63) is 35.9 Å². The molecule has 0 radical (unpaired) electrons. The maximum atomic E-state index is 12.2. The average molecular weight is 342 g/mol. The predicted molar refractivity (Wildman–Crippen MR) is 76.6 cm³/mol. The van der Waals surface area contributed by atoms with Gasteiger partial charge in [-0.3, -0.25) is 18.9 Å². The predicted octanol–water partition coefficient (Wildman–Crippen LogP) is -0.627. The molecular formula is C13H14N2O7S. The molecule has 1 aromatic rings. The van der Waals surface area contributed by atoms with E-state index < -0.39 is 46.1 Å². The Balaban J connectivity index is 2.16. The van der Waals surface area contributed by atoms with Crippen molar-refractivity contribution in [3.8, 4) is 0 Å². The van der Waals surface area contributed by atoms with Gasteiger partial charge >= 0.3 is 16.3 Å². The molecule has 2 rings (SSSR count). The molecular weight excluding hydrogens is 328 g/mol. The molecule has 0 spiro atoms. The Morgan fingerprint density at radius 3 is 2.26 bits per heavy atom. The van der Waals surface area contributed by atoms with E-state index in [1.54, 1.807) is 18.2 Å². The van der Waals surface area contributed by atoms with Gasteiger partial charge in [0.25, 0.3) is 5.91 Å². The zero-order valence-electron chi connectivity index (χ0n) is 11.9. The van der Waals surface area contributed by atoms with Gasteiger partial charge in [-0.25, -0.2) is 4.31 Å². The van der Waals surface area contributed by atoms with Crippen molar-refractivity contribution in [2.45, 2.75) is 24.9 Å². The fourth-order valence-electron chi connectivity index (χ4n) is 2.39. The topological polar surface area (TPSA) is 141 Å². The SMILES string of the molecule is CC1C(NC(=O)C(C(=O)O)c2ccccc2)C(=O)N1S(=O)(=O)O. The number of nitrogens with zero attached hydrogens (tertiary/aromatic N) is 1. The van der Waals surface area contributed by atoms with Crippen LogP contribution in [0.15, 0.2) is 30.3 Å². The van der Waals surface area contributed by atoms with Crippen molar-refractivity contribution in [2.24, 2.45) is 0 Å². The van der Waals surface area contributed by atoms with Crippen molar-refractivity contribution >= 4 is 28.1 Å². The highest BCUT2D eigenvalue weighted by Crippen LogP contribution is 2.24. The second-order valence-corrected chi connectivity index (χ2v) is 6.31. The Labute approximate surface area is 131 Å². The lowest BCUT2D eigenvalue weighted by atomic mass is 9.95. The number of carbonyl (C=O) groups is 3. The van der Waals surface area contributed by atoms with Crippen LogP contribution in [0.4, 0.5) is 0 Å². The molecule has 0 aliphatic carbocycles. The number of rotatable bonds is 5. The molecule has 1 aliphatic rings. The summed E-state index contributed by atoms with van der Waals surface area (Å²) in [6.07, 6.45) is 0. The number of carbonyl (C=O) groups excluding carboxylic acids is 2. The number of nitrogens with one attached hydrogen (secondary N) is 1. The van der Waals surface area contributed by atoms with Gasteiger partial charge in [0.1, 0.15) is 6.04 Å². The molecule has 10 heteroatoms. The van der Waals surface area contributed by atoms with Gasteiger partial charge in [0, 0.05) is 0 Å². The quantitative estimate of drug-likeness (QED) is 0.367. The molecule has 3 unspecified atom stereocenters. The number of β-lactam (4-membered cyclic amide) rings is 1. The third kappa shape index (κ3) is 3.17. The molecule has 1 heterocycles. The summed E-state index contributed by atoms with van der Waals surface area (Å²) < 4.78 is 31.1. The van der Waals surface area contributed by atoms with Gasteiger partial charge < -0.3 is 10.4 Å². The minimum absolute atomic E-state index is 0.218. The first-order valence-electron chi connectivity index (χ1n) is 6.53. The summed E-state index contributed by atoms with van der Waals surface area (Å²) >= 11 is 0. The smallest absolute Gasteiger partial charge is 0.362 e. The fraction of sp³-hybridized carbons (Fsp3) is 0.308. The first-order chi connectivity index (χ1) is 10.6. The van der Waals surface area contributed by atoms with E-state index >= 15 is 0 Å². The molecule has 3 atom stereocenters. The van der Waals surface area contributed by atoms with E-state index in [0.717, 1.165) is 0 Å². The van der Waals surface area contributed by atoms with Gasteiger partial charge in [-0.05, 0) is 12.5 Å². The Morgan fingerprint density at radius 2 is 1.83 bits per heavy atom. The molecule has 2 amide bonds. The largest absolute Gasteiger partial charge is 0.480 e. The van der Waals surface area contributed by atoms with Crippen LogP contribution in [0, 0.1) is 0 Å². The maximum Gasteiger partial charge on any atom is 0.362 e. The van der Waals surface area contributed by atoms with Crippen LogP contribution in [0.25, 0.3) is 0 Å². The summed E-state index contributed by atoms with van der Waals surface area (Å²) in [5, 5.41) is 11.4. The number of amides is 2. The van der Waals surface area contributed by atoms with Gasteiger partial charge in [-0.2, -0.15) is 8.42 Å². The molecule has 1 aliphatic heterocycles. The van der Waals surface area contributed by atoms with Crippen LogP contribution in [-0.2, 0) is 24.7 Å². The summed E-state index contributed by atoms with van der Waals surface area (Å²) in [6, 6.07) is 5.47. The first kappa shape index (κ1) is 16.9. The van der Waals surface area contributed by atoms with E-state index in [-0.39, 0.29) is 9.87 Å². The van der Waals surface area contributed by atoms with Crippen LogP contribution in [0.1, 0.15) is 18.4 Å². The second kappa shape index (κ2) is 5.97. The molecule has 9 nitrogen and oxygen atoms in total. The van der Waals surface area contributed by atoms with E-state index in [1.165, 1.54) is 19.1 Å². The van der Waals surface area contributed by atoms with E-state index in [1.807, 2.05) is 0 Å². The first-order valence-corrected chi connectivity index (χ1v) is 7.93. The Bertz CT molecular complexity index is 747. The number of benzene rings is 1. The number of carboxylic acid groups (broad SMARTS) is 1. The van der Waals surface area contributed by atoms with Gasteiger partial charge in [0.15, 0.2) is 5.92 Å². The monoisotopic (exact) mass is 342 g/mol. The molecule has 0 bridgehead atoms. The van der Waals surface area contributed by atoms with Crippen molar-refractivity contribution in [2.75, 3.05) is 0 Å². The standard InChI is InChI=1S/C13H14N2O7S/c1-7-10(12(17)15(7)23(20,21)22)14-11(16)9(13(18)19)8-5-3-2-4-6-8/h2-7,9-10H,1H3,(H,14,16)(H,18,19)(H,20,21,22). The van der Waals surface area contributed by atoms with Gasteiger partial charge in [0.2, 0.25) is 5.91 Å². The van der Waals surface area contributed by atoms with Crippen molar-refractivity contribution in [1.29, 1.82) is 0 Å². The van der Waals surface area contributed by atoms with E-state index in [2.05, 4.69) is 5.32 Å². The number of hydrogen-bond acceptors (Lipinski definition) is 5. The average Bonchev–Trinajstić information content (AvgIpc) is 2.44. The number of aliphatic carboxylic acids is 1. The summed E-state index contributed by atoms with van der Waals surface area (Å²) in [7, 11) is -4.71. The van der Waals surface area contributed by atoms with E-state index in [4.69, 9.17) is 4.55 Å². The van der Waals surface area contributed by atoms with Crippen LogP contribution < -0.4 is 5.32 Å². The van der Waals surface area contributed by atoms with Crippen LogP contribution in [0.5, 0.6) is 0 Å². The molecule has 3 N–H and O–H groups in total. The molecule has 0 aromatic heterocycles. The Morgan fingerprint density at radius 1 is 1.26 bits per heavy atom. The highest BCUT2D eigenvalue weighted by molar-refractivity contribution is 7.84. The summed E-state index contributed by atoms with van der Waals surface area (Å²) in [6.45, 7) is 1.30. The highest BCUT2D eigenvalue weighted by atomic mass is 32.2. The van der Waals surface area contributed by atoms with Crippen molar-refractivity contribution in [3.63, 3.8) is 0 Å². The molecule has 23 heavy (non-hydrogen) atoms.